The molecule has 0 N–H and O–H groups in total. The molecule has 0 spiro atoms. The predicted molar refractivity (Wildman–Crippen MR) is 89.6 cm³/mol. The van der Waals surface area contributed by atoms with Crippen molar-refractivity contribution in [1.29, 1.82) is 0 Å². The van der Waals surface area contributed by atoms with Crippen LogP contribution in [0.25, 0.3) is 5.78 Å². The summed E-state index contributed by atoms with van der Waals surface area (Å²) in [4.78, 5) is 23.6. The van der Waals surface area contributed by atoms with Gasteiger partial charge in [0.1, 0.15) is 0 Å². The lowest BCUT2D eigenvalue weighted by atomic mass is 9.90. The first kappa shape index (κ1) is 15.0. The molecule has 1 aliphatic heterocycles. The second kappa shape index (κ2) is 6.49. The first-order valence-electron chi connectivity index (χ1n) is 8.27. The van der Waals surface area contributed by atoms with Crippen LogP contribution in [0.5, 0.6) is 0 Å². The Morgan fingerprint density at radius 3 is 2.92 bits per heavy atom. The number of ketones is 1. The maximum absolute atomic E-state index is 12.7. The SMILES string of the molecule is O=C(c1ccccc1)[C@@H]1CCCN(Cc2nc3ncccn3n2)C1. The summed E-state index contributed by atoms with van der Waals surface area (Å²) < 4.78 is 1.69. The molecule has 0 saturated carbocycles. The number of hydrogen-bond donors (Lipinski definition) is 0. The van der Waals surface area contributed by atoms with Crippen molar-refractivity contribution in [2.24, 2.45) is 5.92 Å². The normalized spacial score (nSPS) is 18.8. The minimum atomic E-state index is 0.0521. The molecule has 0 bridgehead atoms. The molecule has 6 nitrogen and oxygen atoms in total. The smallest absolute Gasteiger partial charge is 0.252 e. The highest BCUT2D eigenvalue weighted by Crippen LogP contribution is 2.22. The van der Waals surface area contributed by atoms with Crippen molar-refractivity contribution in [2.45, 2.75) is 19.4 Å². The van der Waals surface area contributed by atoms with E-state index in [4.69, 9.17) is 0 Å². The number of nitrogens with zero attached hydrogens (tertiary/aromatic N) is 5. The zero-order chi connectivity index (χ0) is 16.4. The maximum atomic E-state index is 12.7. The summed E-state index contributed by atoms with van der Waals surface area (Å²) in [5.41, 5.74) is 0.805. The Morgan fingerprint density at radius 2 is 2.08 bits per heavy atom. The predicted octanol–water partition coefficient (Wildman–Crippen LogP) is 2.22. The summed E-state index contributed by atoms with van der Waals surface area (Å²) >= 11 is 0. The van der Waals surface area contributed by atoms with Crippen LogP contribution in [-0.2, 0) is 6.54 Å². The van der Waals surface area contributed by atoms with E-state index in [1.165, 1.54) is 0 Å². The van der Waals surface area contributed by atoms with E-state index in [2.05, 4.69) is 20.0 Å². The molecule has 122 valence electrons. The first-order chi connectivity index (χ1) is 11.8. The van der Waals surface area contributed by atoms with Crippen molar-refractivity contribution < 1.29 is 4.79 Å². The molecule has 3 aromatic rings. The van der Waals surface area contributed by atoms with Crippen LogP contribution in [0.3, 0.4) is 0 Å². The van der Waals surface area contributed by atoms with Gasteiger partial charge in [0.25, 0.3) is 5.78 Å². The fourth-order valence-electron chi connectivity index (χ4n) is 3.29. The Hall–Kier alpha value is -2.60. The monoisotopic (exact) mass is 321 g/mol. The van der Waals surface area contributed by atoms with Crippen molar-refractivity contribution in [1.82, 2.24) is 24.5 Å². The molecule has 1 fully saturated rings. The third-order valence-electron chi connectivity index (χ3n) is 4.46. The van der Waals surface area contributed by atoms with Gasteiger partial charge in [-0.2, -0.15) is 4.98 Å². The molecule has 1 atom stereocenters. The van der Waals surface area contributed by atoms with Gasteiger partial charge in [0.15, 0.2) is 11.6 Å². The van der Waals surface area contributed by atoms with Gasteiger partial charge in [-0.05, 0) is 25.5 Å². The highest BCUT2D eigenvalue weighted by atomic mass is 16.1. The average molecular weight is 321 g/mol. The van der Waals surface area contributed by atoms with Gasteiger partial charge in [0, 0.05) is 30.4 Å². The summed E-state index contributed by atoms with van der Waals surface area (Å²) in [6.45, 7) is 2.39. The number of carbonyl (C=O) groups is 1. The molecule has 3 heterocycles. The quantitative estimate of drug-likeness (QED) is 0.690. The summed E-state index contributed by atoms with van der Waals surface area (Å²) in [6.07, 6.45) is 5.53. The topological polar surface area (TPSA) is 63.4 Å². The number of hydrogen-bond acceptors (Lipinski definition) is 5. The number of fused-ring (bicyclic) bond motifs is 1. The van der Waals surface area contributed by atoms with E-state index < -0.39 is 0 Å². The van der Waals surface area contributed by atoms with Crippen LogP contribution in [0.2, 0.25) is 0 Å². The second-order valence-corrected chi connectivity index (χ2v) is 6.20. The third-order valence-corrected chi connectivity index (χ3v) is 4.46. The molecule has 2 aromatic heterocycles. The van der Waals surface area contributed by atoms with Gasteiger partial charge in [-0.3, -0.25) is 9.69 Å². The summed E-state index contributed by atoms with van der Waals surface area (Å²) in [6, 6.07) is 11.4. The molecule has 0 radical (unpaired) electrons. The highest BCUT2D eigenvalue weighted by Gasteiger charge is 2.27. The van der Waals surface area contributed by atoms with E-state index in [9.17, 15) is 4.79 Å². The fourth-order valence-corrected chi connectivity index (χ4v) is 3.29. The van der Waals surface area contributed by atoms with Crippen LogP contribution in [0.4, 0.5) is 0 Å². The lowest BCUT2D eigenvalue weighted by molar-refractivity contribution is 0.0808. The molecule has 24 heavy (non-hydrogen) atoms. The van der Waals surface area contributed by atoms with Crippen LogP contribution in [-0.4, -0.2) is 43.4 Å². The van der Waals surface area contributed by atoms with Crippen LogP contribution < -0.4 is 0 Å². The summed E-state index contributed by atoms with van der Waals surface area (Å²) in [7, 11) is 0. The van der Waals surface area contributed by atoms with Gasteiger partial charge in [0.05, 0.1) is 6.54 Å². The molecule has 1 aromatic carbocycles. The number of benzene rings is 1. The Balaban J connectivity index is 1.45. The molecule has 0 amide bonds. The third kappa shape index (κ3) is 3.05. The Bertz CT molecular complexity index is 812. The molecule has 0 unspecified atom stereocenters. The number of rotatable bonds is 4. The second-order valence-electron chi connectivity index (χ2n) is 6.20. The number of aromatic nitrogens is 4. The van der Waals surface area contributed by atoms with E-state index in [1.807, 2.05) is 42.6 Å². The first-order valence-corrected chi connectivity index (χ1v) is 8.27. The number of piperidine rings is 1. The fraction of sp³-hybridized carbons (Fsp3) is 0.333. The molecule has 0 aliphatic carbocycles. The number of likely N-dealkylation sites (tertiary alicyclic amines) is 1. The van der Waals surface area contributed by atoms with Gasteiger partial charge in [-0.15, -0.1) is 5.10 Å². The van der Waals surface area contributed by atoms with E-state index >= 15 is 0 Å². The minimum Gasteiger partial charge on any atom is -0.295 e. The standard InChI is InChI=1S/C18H19N5O/c24-17(14-6-2-1-3-7-14)15-8-4-10-22(12-15)13-16-20-18-19-9-5-11-23(18)21-16/h1-3,5-7,9,11,15H,4,8,10,12-13H2/t15-/m1/s1. The van der Waals surface area contributed by atoms with Gasteiger partial charge >= 0.3 is 0 Å². The van der Waals surface area contributed by atoms with E-state index in [1.54, 1.807) is 10.7 Å². The van der Waals surface area contributed by atoms with Gasteiger partial charge in [-0.25, -0.2) is 9.50 Å². The van der Waals surface area contributed by atoms with Crippen LogP contribution in [0, 0.1) is 5.92 Å². The van der Waals surface area contributed by atoms with Crippen molar-refractivity contribution in [3.63, 3.8) is 0 Å². The highest BCUT2D eigenvalue weighted by molar-refractivity contribution is 5.98. The zero-order valence-electron chi connectivity index (χ0n) is 13.4. The Morgan fingerprint density at radius 1 is 1.21 bits per heavy atom. The van der Waals surface area contributed by atoms with Crippen LogP contribution in [0.15, 0.2) is 48.8 Å². The average Bonchev–Trinajstić information content (AvgIpc) is 3.04. The number of carbonyl (C=O) groups excluding carboxylic acids is 1. The molecule has 6 heteroatoms. The van der Waals surface area contributed by atoms with Gasteiger partial charge in [0.2, 0.25) is 0 Å². The van der Waals surface area contributed by atoms with Crippen molar-refractivity contribution >= 4 is 11.6 Å². The largest absolute Gasteiger partial charge is 0.295 e. The summed E-state index contributed by atoms with van der Waals surface area (Å²) in [5.74, 6) is 1.66. The Kier molecular flexibility index (Phi) is 4.04. The molecule has 4 rings (SSSR count). The van der Waals surface area contributed by atoms with Crippen LogP contribution >= 0.6 is 0 Å². The number of Topliss-reactive ketones (excluding diaryl/α,β-unsaturated/α-hetero) is 1. The van der Waals surface area contributed by atoms with Gasteiger partial charge < -0.3 is 0 Å². The Labute approximate surface area is 140 Å². The van der Waals surface area contributed by atoms with E-state index in [0.717, 1.165) is 37.3 Å². The van der Waals surface area contributed by atoms with Gasteiger partial charge in [-0.1, -0.05) is 30.3 Å². The lowest BCUT2D eigenvalue weighted by Crippen LogP contribution is -2.38. The molecular formula is C18H19N5O. The molecule has 1 saturated heterocycles. The van der Waals surface area contributed by atoms with Crippen molar-refractivity contribution in [3.8, 4) is 0 Å². The van der Waals surface area contributed by atoms with Crippen molar-refractivity contribution in [3.05, 3.63) is 60.2 Å². The lowest BCUT2D eigenvalue weighted by Gasteiger charge is -2.31. The molecular weight excluding hydrogens is 302 g/mol. The van der Waals surface area contributed by atoms with E-state index in [0.29, 0.717) is 12.3 Å². The minimum absolute atomic E-state index is 0.0521. The van der Waals surface area contributed by atoms with Crippen LogP contribution in [0.1, 0.15) is 29.0 Å². The molecule has 1 aliphatic rings. The maximum Gasteiger partial charge on any atom is 0.252 e. The van der Waals surface area contributed by atoms with Crippen molar-refractivity contribution in [2.75, 3.05) is 13.1 Å². The zero-order valence-corrected chi connectivity index (χ0v) is 13.4. The van der Waals surface area contributed by atoms with E-state index in [-0.39, 0.29) is 11.7 Å². The summed E-state index contributed by atoms with van der Waals surface area (Å²) in [5, 5.41) is 4.45.